The van der Waals surface area contributed by atoms with Gasteiger partial charge in [0.2, 0.25) is 0 Å². The first-order valence-corrected chi connectivity index (χ1v) is 9.13. The molecule has 0 aliphatic rings. The van der Waals surface area contributed by atoms with Gasteiger partial charge in [-0.2, -0.15) is 5.10 Å². The molecule has 0 spiro atoms. The lowest BCUT2D eigenvalue weighted by atomic mass is 10.1. The smallest absolute Gasteiger partial charge is 0.255 e. The van der Waals surface area contributed by atoms with E-state index >= 15 is 0 Å². The van der Waals surface area contributed by atoms with E-state index in [9.17, 15) is 9.18 Å². The minimum Gasteiger partial charge on any atom is -0.384 e. The summed E-state index contributed by atoms with van der Waals surface area (Å²) in [7, 11) is 0. The Hall–Kier alpha value is -4.25. The van der Waals surface area contributed by atoms with E-state index in [1.165, 1.54) is 18.3 Å². The molecule has 4 rings (SSSR count). The summed E-state index contributed by atoms with van der Waals surface area (Å²) in [6.07, 6.45) is 5.96. The number of rotatable bonds is 3. The molecule has 3 N–H and O–H groups in total. The van der Waals surface area contributed by atoms with Crippen LogP contribution in [0, 0.1) is 17.7 Å². The molecule has 0 aliphatic carbocycles. The summed E-state index contributed by atoms with van der Waals surface area (Å²) in [5, 5.41) is 7.08. The molecule has 7 nitrogen and oxygen atoms in total. The fourth-order valence-corrected chi connectivity index (χ4v) is 2.85. The first-order chi connectivity index (χ1) is 14.5. The number of hydrogen-bond acceptors (Lipinski definition) is 5. The Bertz CT molecular complexity index is 1270. The monoisotopic (exact) mass is 400 g/mol. The van der Waals surface area contributed by atoms with Crippen LogP contribution >= 0.6 is 0 Å². The molecule has 4 aromatic rings. The van der Waals surface area contributed by atoms with E-state index < -0.39 is 11.9 Å². The number of carbonyl (C=O) groups excluding carboxylic acids is 1. The summed E-state index contributed by atoms with van der Waals surface area (Å²) in [6, 6.07) is 9.53. The Kier molecular flexibility index (Phi) is 5.09. The fraction of sp³-hybridized carbons (Fsp3) is 0.0909. The van der Waals surface area contributed by atoms with Crippen molar-refractivity contribution in [1.29, 1.82) is 0 Å². The predicted octanol–water partition coefficient (Wildman–Crippen LogP) is 2.74. The van der Waals surface area contributed by atoms with Crippen molar-refractivity contribution in [3.8, 4) is 11.8 Å². The Morgan fingerprint density at radius 3 is 2.67 bits per heavy atom. The Balaban J connectivity index is 1.57. The average molecular weight is 400 g/mol. The van der Waals surface area contributed by atoms with Crippen molar-refractivity contribution in [3.05, 3.63) is 89.4 Å². The van der Waals surface area contributed by atoms with Crippen molar-refractivity contribution in [2.24, 2.45) is 0 Å². The molecule has 0 saturated carbocycles. The average Bonchev–Trinajstić information content (AvgIpc) is 3.17. The van der Waals surface area contributed by atoms with Crippen LogP contribution in [0.15, 0.2) is 61.2 Å². The van der Waals surface area contributed by atoms with Gasteiger partial charge in [-0.25, -0.2) is 13.9 Å². The van der Waals surface area contributed by atoms with Crippen LogP contribution in [0.25, 0.3) is 5.52 Å². The summed E-state index contributed by atoms with van der Waals surface area (Å²) in [6.45, 7) is 1.78. The van der Waals surface area contributed by atoms with E-state index in [0.29, 0.717) is 22.6 Å². The number of amides is 1. The van der Waals surface area contributed by atoms with Gasteiger partial charge >= 0.3 is 0 Å². The topological polar surface area (TPSA) is 98.2 Å². The normalized spacial score (nSPS) is 11.5. The minimum atomic E-state index is -0.428. The highest BCUT2D eigenvalue weighted by Crippen LogP contribution is 2.15. The second-order valence-electron chi connectivity index (χ2n) is 6.62. The zero-order chi connectivity index (χ0) is 21.1. The van der Waals surface area contributed by atoms with Crippen LogP contribution in [0.1, 0.15) is 40.1 Å². The maximum atomic E-state index is 13.1. The zero-order valence-electron chi connectivity index (χ0n) is 16.0. The van der Waals surface area contributed by atoms with Gasteiger partial charge in [-0.15, -0.1) is 0 Å². The molecular weight excluding hydrogens is 383 g/mol. The molecule has 0 bridgehead atoms. The van der Waals surface area contributed by atoms with Gasteiger partial charge in [0.15, 0.2) is 0 Å². The van der Waals surface area contributed by atoms with Crippen LogP contribution in [0.5, 0.6) is 0 Å². The van der Waals surface area contributed by atoms with Gasteiger partial charge in [0.1, 0.15) is 11.6 Å². The molecule has 148 valence electrons. The van der Waals surface area contributed by atoms with Crippen molar-refractivity contribution in [3.63, 3.8) is 0 Å². The molecule has 0 aliphatic heterocycles. The summed E-state index contributed by atoms with van der Waals surface area (Å²) in [4.78, 5) is 20.8. The maximum absolute atomic E-state index is 13.1. The third-order valence-corrected chi connectivity index (χ3v) is 4.45. The Morgan fingerprint density at radius 2 is 1.93 bits per heavy atom. The third kappa shape index (κ3) is 4.10. The maximum Gasteiger partial charge on any atom is 0.255 e. The number of nitrogens with zero attached hydrogens (tertiary/aromatic N) is 4. The second kappa shape index (κ2) is 8.01. The zero-order valence-corrected chi connectivity index (χ0v) is 16.0. The van der Waals surface area contributed by atoms with E-state index in [-0.39, 0.29) is 5.91 Å². The molecule has 4 heterocycles. The lowest BCUT2D eigenvalue weighted by Gasteiger charge is -2.12. The molecule has 4 aromatic heterocycles. The largest absolute Gasteiger partial charge is 0.384 e. The van der Waals surface area contributed by atoms with Crippen LogP contribution in [0.2, 0.25) is 0 Å². The molecule has 30 heavy (non-hydrogen) atoms. The minimum absolute atomic E-state index is 0.309. The van der Waals surface area contributed by atoms with Gasteiger partial charge in [0.25, 0.3) is 5.91 Å². The van der Waals surface area contributed by atoms with Crippen LogP contribution in [0.3, 0.4) is 0 Å². The van der Waals surface area contributed by atoms with Crippen LogP contribution < -0.4 is 11.1 Å². The standard InChI is InChI=1S/C22H17FN6O/c1-14(19-6-5-17(23)12-25-19)28-22(30)18-13-27-29-9-8-15(10-20(18)29)2-3-16-4-7-21(24)26-11-16/h4-14H,1H3,(H2,24,26)(H,28,30)/t14-/m0/s1. The van der Waals surface area contributed by atoms with Gasteiger partial charge in [-0.3, -0.25) is 9.78 Å². The predicted molar refractivity (Wildman–Crippen MR) is 110 cm³/mol. The molecule has 0 radical (unpaired) electrons. The van der Waals surface area contributed by atoms with Gasteiger partial charge in [-0.05, 0) is 43.3 Å². The van der Waals surface area contributed by atoms with E-state index in [1.54, 1.807) is 42.0 Å². The SMILES string of the molecule is C[C@H](NC(=O)c1cnn2ccc(C#Cc3ccc(N)nc3)cc12)c1ccc(F)cn1. The van der Waals surface area contributed by atoms with Crippen LogP contribution in [-0.2, 0) is 0 Å². The first-order valence-electron chi connectivity index (χ1n) is 9.13. The molecule has 0 unspecified atom stereocenters. The van der Waals surface area contributed by atoms with E-state index in [1.807, 2.05) is 6.07 Å². The Morgan fingerprint density at radius 1 is 1.10 bits per heavy atom. The highest BCUT2D eigenvalue weighted by atomic mass is 19.1. The third-order valence-electron chi connectivity index (χ3n) is 4.45. The number of fused-ring (bicyclic) bond motifs is 1. The van der Waals surface area contributed by atoms with Crippen LogP contribution in [-0.4, -0.2) is 25.5 Å². The lowest BCUT2D eigenvalue weighted by molar-refractivity contribution is 0.0940. The Labute approximate surface area is 171 Å². The van der Waals surface area contributed by atoms with Crippen LogP contribution in [0.4, 0.5) is 10.2 Å². The highest BCUT2D eigenvalue weighted by molar-refractivity contribution is 6.00. The van der Waals surface area contributed by atoms with E-state index in [2.05, 4.69) is 32.2 Å². The number of nitrogens with two attached hydrogens (primary N) is 1. The van der Waals surface area contributed by atoms with Crippen molar-refractivity contribution in [1.82, 2.24) is 24.9 Å². The van der Waals surface area contributed by atoms with E-state index in [0.717, 1.165) is 17.3 Å². The lowest BCUT2D eigenvalue weighted by Crippen LogP contribution is -2.27. The second-order valence-corrected chi connectivity index (χ2v) is 6.62. The summed E-state index contributed by atoms with van der Waals surface area (Å²) in [5.74, 6) is 5.76. The molecule has 0 aromatic carbocycles. The number of aromatic nitrogens is 4. The summed E-state index contributed by atoms with van der Waals surface area (Å²) >= 11 is 0. The number of anilines is 1. The first kappa shape index (κ1) is 19.1. The van der Waals surface area contributed by atoms with Gasteiger partial charge < -0.3 is 11.1 Å². The molecular formula is C22H17FN6O. The number of nitrogen functional groups attached to an aromatic ring is 1. The van der Waals surface area contributed by atoms with E-state index in [4.69, 9.17) is 5.73 Å². The quantitative estimate of drug-likeness (QED) is 0.515. The van der Waals surface area contributed by atoms with Gasteiger partial charge in [-0.1, -0.05) is 11.8 Å². The number of hydrogen-bond donors (Lipinski definition) is 2. The van der Waals surface area contributed by atoms with Crippen molar-refractivity contribution < 1.29 is 9.18 Å². The van der Waals surface area contributed by atoms with Gasteiger partial charge in [0.05, 0.1) is 35.2 Å². The van der Waals surface area contributed by atoms with Gasteiger partial charge in [0, 0.05) is 23.5 Å². The van der Waals surface area contributed by atoms with Crippen molar-refractivity contribution in [2.45, 2.75) is 13.0 Å². The number of halogens is 1. The molecule has 1 amide bonds. The summed E-state index contributed by atoms with van der Waals surface area (Å²) in [5.41, 5.74) is 8.62. The number of nitrogens with one attached hydrogen (secondary N) is 1. The van der Waals surface area contributed by atoms with Crippen molar-refractivity contribution >= 4 is 17.2 Å². The molecule has 1 atom stereocenters. The molecule has 0 fully saturated rings. The fourth-order valence-electron chi connectivity index (χ4n) is 2.85. The van der Waals surface area contributed by atoms with Crippen molar-refractivity contribution in [2.75, 3.05) is 5.73 Å². The summed E-state index contributed by atoms with van der Waals surface area (Å²) < 4.78 is 14.7. The molecule has 0 saturated heterocycles. The number of carbonyl (C=O) groups is 1. The highest BCUT2D eigenvalue weighted by Gasteiger charge is 2.17. The molecule has 8 heteroatoms. The number of pyridine rings is 3.